The summed E-state index contributed by atoms with van der Waals surface area (Å²) in [5, 5.41) is 17.9. The van der Waals surface area contributed by atoms with Crippen LogP contribution in [0, 0.1) is 6.92 Å². The van der Waals surface area contributed by atoms with Crippen LogP contribution >= 0.6 is 0 Å². The van der Waals surface area contributed by atoms with Gasteiger partial charge >= 0.3 is 0 Å². The predicted octanol–water partition coefficient (Wildman–Crippen LogP) is 0.791. The van der Waals surface area contributed by atoms with E-state index >= 15 is 0 Å². The molecule has 0 heterocycles. The largest absolute Gasteiger partial charge is 0.396 e. The van der Waals surface area contributed by atoms with Gasteiger partial charge in [-0.2, -0.15) is 8.42 Å². The fourth-order valence-electron chi connectivity index (χ4n) is 1.22. The first-order valence-electron chi connectivity index (χ1n) is 5.24. The van der Waals surface area contributed by atoms with Crippen molar-refractivity contribution in [3.05, 3.63) is 29.8 Å². The Morgan fingerprint density at radius 2 is 1.88 bits per heavy atom. The summed E-state index contributed by atoms with van der Waals surface area (Å²) in [6, 6.07) is 6.14. The van der Waals surface area contributed by atoms with Gasteiger partial charge in [-0.05, 0) is 25.5 Å². The van der Waals surface area contributed by atoms with Gasteiger partial charge in [0.05, 0.1) is 4.90 Å². The van der Waals surface area contributed by atoms with Crippen molar-refractivity contribution in [2.45, 2.75) is 31.0 Å². The molecule has 0 amide bonds. The van der Waals surface area contributed by atoms with E-state index in [0.29, 0.717) is 0 Å². The molecule has 0 aliphatic carbocycles. The van der Waals surface area contributed by atoms with E-state index in [1.807, 2.05) is 6.92 Å². The highest BCUT2D eigenvalue weighted by Gasteiger charge is 2.19. The molecule has 1 aromatic rings. The molecule has 0 saturated carbocycles. The van der Waals surface area contributed by atoms with Crippen LogP contribution in [0.1, 0.15) is 18.4 Å². The summed E-state index contributed by atoms with van der Waals surface area (Å²) in [6.45, 7) is 1.72. The van der Waals surface area contributed by atoms with Crippen molar-refractivity contribution in [1.29, 1.82) is 0 Å². The van der Waals surface area contributed by atoms with E-state index in [2.05, 4.69) is 4.18 Å². The third-order valence-corrected chi connectivity index (χ3v) is 3.48. The van der Waals surface area contributed by atoms with Gasteiger partial charge in [0, 0.05) is 13.0 Å². The second kappa shape index (κ2) is 6.11. The van der Waals surface area contributed by atoms with Crippen LogP contribution in [0.15, 0.2) is 29.2 Å². The van der Waals surface area contributed by atoms with Gasteiger partial charge in [0.25, 0.3) is 10.1 Å². The molecule has 0 bridgehead atoms. The van der Waals surface area contributed by atoms with E-state index in [9.17, 15) is 13.5 Å². The number of hydrogen-bond acceptors (Lipinski definition) is 5. The monoisotopic (exact) mass is 260 g/mol. The van der Waals surface area contributed by atoms with Gasteiger partial charge in [-0.1, -0.05) is 17.7 Å². The van der Waals surface area contributed by atoms with Crippen LogP contribution < -0.4 is 0 Å². The summed E-state index contributed by atoms with van der Waals surface area (Å²) in [5.74, 6) is 0. The molecule has 1 atom stereocenters. The molecule has 0 spiro atoms. The van der Waals surface area contributed by atoms with Gasteiger partial charge in [0.1, 0.15) is 0 Å². The van der Waals surface area contributed by atoms with Crippen molar-refractivity contribution in [2.24, 2.45) is 0 Å². The third kappa shape index (κ3) is 4.43. The molecule has 0 saturated heterocycles. The zero-order chi connectivity index (χ0) is 12.9. The van der Waals surface area contributed by atoms with E-state index in [4.69, 9.17) is 5.11 Å². The molecule has 0 aromatic heterocycles. The van der Waals surface area contributed by atoms with Crippen molar-refractivity contribution in [3.8, 4) is 0 Å². The minimum Gasteiger partial charge on any atom is -0.396 e. The maximum Gasteiger partial charge on any atom is 0.299 e. The topological polar surface area (TPSA) is 83.8 Å². The SMILES string of the molecule is Cc1ccc(S(=O)(=O)OC(O)CCCO)cc1. The Morgan fingerprint density at radius 3 is 2.41 bits per heavy atom. The Labute approximate surface area is 101 Å². The molecule has 17 heavy (non-hydrogen) atoms. The maximum atomic E-state index is 11.7. The zero-order valence-corrected chi connectivity index (χ0v) is 10.4. The van der Waals surface area contributed by atoms with Crippen molar-refractivity contribution in [1.82, 2.24) is 0 Å². The highest BCUT2D eigenvalue weighted by Crippen LogP contribution is 2.15. The van der Waals surface area contributed by atoms with Crippen molar-refractivity contribution in [2.75, 3.05) is 6.61 Å². The first kappa shape index (κ1) is 14.1. The van der Waals surface area contributed by atoms with Gasteiger partial charge < -0.3 is 10.2 Å². The predicted molar refractivity (Wildman–Crippen MR) is 61.8 cm³/mol. The Kier molecular flexibility index (Phi) is 5.07. The molecule has 1 rings (SSSR count). The Bertz CT molecular complexity index is 437. The summed E-state index contributed by atoms with van der Waals surface area (Å²) in [7, 11) is -3.94. The van der Waals surface area contributed by atoms with Gasteiger partial charge in [0.2, 0.25) is 0 Å². The summed E-state index contributed by atoms with van der Waals surface area (Å²) in [5.41, 5.74) is 0.935. The highest BCUT2D eigenvalue weighted by molar-refractivity contribution is 7.86. The van der Waals surface area contributed by atoms with Crippen LogP contribution in [0.25, 0.3) is 0 Å². The van der Waals surface area contributed by atoms with Crippen molar-refractivity contribution >= 4 is 10.1 Å². The molecule has 0 aliphatic rings. The van der Waals surface area contributed by atoms with Crippen molar-refractivity contribution < 1.29 is 22.8 Å². The number of aliphatic hydroxyl groups excluding tert-OH is 2. The fourth-order valence-corrected chi connectivity index (χ4v) is 2.19. The third-order valence-electron chi connectivity index (χ3n) is 2.16. The van der Waals surface area contributed by atoms with E-state index in [0.717, 1.165) is 5.56 Å². The van der Waals surface area contributed by atoms with Crippen molar-refractivity contribution in [3.63, 3.8) is 0 Å². The lowest BCUT2D eigenvalue weighted by Gasteiger charge is -2.11. The molecule has 2 N–H and O–H groups in total. The lowest BCUT2D eigenvalue weighted by atomic mass is 10.2. The average Bonchev–Trinajstić information content (AvgIpc) is 2.26. The zero-order valence-electron chi connectivity index (χ0n) is 9.54. The van der Waals surface area contributed by atoms with Gasteiger partial charge in [-0.25, -0.2) is 4.18 Å². The normalized spacial score (nSPS) is 13.6. The number of aliphatic hydroxyl groups is 2. The second-order valence-corrected chi connectivity index (χ2v) is 5.26. The van der Waals surface area contributed by atoms with Crippen LogP contribution in [-0.4, -0.2) is 31.5 Å². The quantitative estimate of drug-likeness (QED) is 0.583. The molecular weight excluding hydrogens is 244 g/mol. The van der Waals surface area contributed by atoms with Crippen LogP contribution in [0.2, 0.25) is 0 Å². The summed E-state index contributed by atoms with van der Waals surface area (Å²) in [4.78, 5) is 0.00569. The minimum absolute atomic E-state index is 0.00569. The van der Waals surface area contributed by atoms with Gasteiger partial charge in [-0.15, -0.1) is 0 Å². The first-order chi connectivity index (χ1) is 7.95. The molecule has 96 valence electrons. The van der Waals surface area contributed by atoms with E-state index < -0.39 is 16.4 Å². The minimum atomic E-state index is -3.94. The number of benzene rings is 1. The number of hydrogen-bond donors (Lipinski definition) is 2. The molecule has 1 unspecified atom stereocenters. The Morgan fingerprint density at radius 1 is 1.29 bits per heavy atom. The maximum absolute atomic E-state index is 11.7. The van der Waals surface area contributed by atoms with E-state index in [-0.39, 0.29) is 24.3 Å². The van der Waals surface area contributed by atoms with E-state index in [1.165, 1.54) is 12.1 Å². The summed E-state index contributed by atoms with van der Waals surface area (Å²) in [6.07, 6.45) is -1.07. The second-order valence-electron chi connectivity index (χ2n) is 3.68. The average molecular weight is 260 g/mol. The van der Waals surface area contributed by atoms with Crippen LogP contribution in [0.4, 0.5) is 0 Å². The standard InChI is InChI=1S/C11H16O5S/c1-9-4-6-10(7-5-9)17(14,15)16-11(13)3-2-8-12/h4-7,11-13H,2-3,8H2,1H3. The van der Waals surface area contributed by atoms with Crippen LogP contribution in [0.5, 0.6) is 0 Å². The summed E-state index contributed by atoms with van der Waals surface area (Å²) < 4.78 is 27.9. The van der Waals surface area contributed by atoms with Gasteiger partial charge in [-0.3, -0.25) is 0 Å². The Balaban J connectivity index is 2.71. The molecule has 0 radical (unpaired) electrons. The lowest BCUT2D eigenvalue weighted by Crippen LogP contribution is -2.18. The fraction of sp³-hybridized carbons (Fsp3) is 0.455. The lowest BCUT2D eigenvalue weighted by molar-refractivity contribution is -0.0216. The van der Waals surface area contributed by atoms with Gasteiger partial charge in [0.15, 0.2) is 6.29 Å². The Hall–Kier alpha value is -0.950. The van der Waals surface area contributed by atoms with Crippen LogP contribution in [-0.2, 0) is 14.3 Å². The molecule has 0 fully saturated rings. The smallest absolute Gasteiger partial charge is 0.299 e. The molecule has 1 aromatic carbocycles. The summed E-state index contributed by atoms with van der Waals surface area (Å²) >= 11 is 0. The number of aryl methyl sites for hydroxylation is 1. The first-order valence-corrected chi connectivity index (χ1v) is 6.65. The van der Waals surface area contributed by atoms with E-state index in [1.54, 1.807) is 12.1 Å². The molecule has 5 nitrogen and oxygen atoms in total. The highest BCUT2D eigenvalue weighted by atomic mass is 32.2. The molecule has 0 aliphatic heterocycles. The number of rotatable bonds is 6. The van der Waals surface area contributed by atoms with Crippen LogP contribution in [0.3, 0.4) is 0 Å². The molecule has 6 heteroatoms. The molecular formula is C11H16O5S.